The van der Waals surface area contributed by atoms with E-state index in [-0.39, 0.29) is 30.6 Å². The molecule has 0 N–H and O–H groups in total. The molecule has 0 spiro atoms. The van der Waals surface area contributed by atoms with Crippen LogP contribution >= 0.6 is 0 Å². The fraction of sp³-hybridized carbons (Fsp3) is 0.0667. The molecule has 0 atom stereocenters. The van der Waals surface area contributed by atoms with Gasteiger partial charge in [-0.2, -0.15) is 0 Å². The van der Waals surface area contributed by atoms with E-state index in [4.69, 9.17) is 24.3 Å². The Kier molecular flexibility index (Phi) is 9.15. The van der Waals surface area contributed by atoms with Gasteiger partial charge in [-0.3, -0.25) is 9.78 Å². The van der Waals surface area contributed by atoms with Gasteiger partial charge in [0, 0.05) is 6.61 Å². The van der Waals surface area contributed by atoms with E-state index in [2.05, 4.69) is 6.92 Å². The number of rotatable bonds is 11. The minimum absolute atomic E-state index is 0.0833. The molecule has 7 heteroatoms. The molecule has 0 heterocycles. The zero-order chi connectivity index (χ0) is 25.9. The van der Waals surface area contributed by atoms with E-state index in [1.54, 1.807) is 48.5 Å². The van der Waals surface area contributed by atoms with E-state index in [1.807, 2.05) is 60.7 Å². The molecule has 186 valence electrons. The van der Waals surface area contributed by atoms with Crippen molar-refractivity contribution in [1.82, 2.24) is 0 Å². The Labute approximate surface area is 215 Å². The molecule has 0 bridgehead atoms. The van der Waals surface area contributed by atoms with Crippen LogP contribution in [0.1, 0.15) is 20.7 Å². The summed E-state index contributed by atoms with van der Waals surface area (Å²) in [7, 11) is 0. The summed E-state index contributed by atoms with van der Waals surface area (Å²) in [6, 6.07) is 33.1. The van der Waals surface area contributed by atoms with Gasteiger partial charge < -0.3 is 4.74 Å². The molecular formula is C30H24O7. The lowest BCUT2D eigenvalue weighted by Crippen LogP contribution is -2.20. The maximum absolute atomic E-state index is 12.4. The van der Waals surface area contributed by atoms with E-state index in [9.17, 15) is 9.59 Å². The first-order valence-electron chi connectivity index (χ1n) is 11.5. The third kappa shape index (κ3) is 7.35. The summed E-state index contributed by atoms with van der Waals surface area (Å²) in [6.45, 7) is 3.36. The van der Waals surface area contributed by atoms with Gasteiger partial charge in [-0.05, 0) is 53.4 Å². The topological polar surface area (TPSA) is 80.3 Å². The van der Waals surface area contributed by atoms with Gasteiger partial charge in [-0.15, -0.1) is 9.78 Å². The molecule has 37 heavy (non-hydrogen) atoms. The molecule has 7 nitrogen and oxygen atoms in total. The molecule has 0 saturated carbocycles. The summed E-state index contributed by atoms with van der Waals surface area (Å²) < 4.78 is 5.12. The van der Waals surface area contributed by atoms with E-state index >= 15 is 0 Å². The first kappa shape index (κ1) is 25.8. The number of carbonyl (C=O) groups is 2. The van der Waals surface area contributed by atoms with Crippen LogP contribution in [-0.2, 0) is 24.3 Å². The minimum Gasteiger partial charge on any atom is -0.375 e. The summed E-state index contributed by atoms with van der Waals surface area (Å²) in [5.74, 6) is -1.53. The van der Waals surface area contributed by atoms with Crippen LogP contribution in [0.3, 0.4) is 0 Å². The summed E-state index contributed by atoms with van der Waals surface area (Å²) in [6.07, 6.45) is -0.382. The van der Waals surface area contributed by atoms with Crippen molar-refractivity contribution in [2.45, 2.75) is 0 Å². The monoisotopic (exact) mass is 496 g/mol. The van der Waals surface area contributed by atoms with E-state index in [0.717, 1.165) is 22.3 Å². The Balaban J connectivity index is 1.30. The molecule has 0 aromatic heterocycles. The number of carbonyl (C=O) groups excluding carboxylic acids is 2. The second-order valence-electron chi connectivity index (χ2n) is 7.72. The predicted octanol–water partition coefficient (Wildman–Crippen LogP) is 6.24. The molecule has 4 aromatic rings. The van der Waals surface area contributed by atoms with Gasteiger partial charge in [0.15, 0.2) is 0 Å². The van der Waals surface area contributed by atoms with Gasteiger partial charge >= 0.3 is 18.2 Å². The molecule has 0 aliphatic rings. The minimum atomic E-state index is -0.766. The average Bonchev–Trinajstić information content (AvgIpc) is 2.97. The number of ether oxygens (including phenoxy) is 1. The van der Waals surface area contributed by atoms with Crippen molar-refractivity contribution < 1.29 is 33.9 Å². The zero-order valence-corrected chi connectivity index (χ0v) is 19.9. The van der Waals surface area contributed by atoms with Crippen molar-refractivity contribution in [3.8, 4) is 22.3 Å². The molecule has 4 aromatic carbocycles. The fourth-order valence-electron chi connectivity index (χ4n) is 3.34. The number of benzene rings is 4. The first-order valence-corrected chi connectivity index (χ1v) is 11.5. The summed E-state index contributed by atoms with van der Waals surface area (Å²) in [5.41, 5.74) is 4.44. The van der Waals surface area contributed by atoms with E-state index in [0.29, 0.717) is 0 Å². The Hall–Kier alpha value is -4.30. The molecule has 2 radical (unpaired) electrons. The zero-order valence-electron chi connectivity index (χ0n) is 19.9. The summed E-state index contributed by atoms with van der Waals surface area (Å²) >= 11 is 0. The second-order valence-corrected chi connectivity index (χ2v) is 7.72. The lowest BCUT2D eigenvalue weighted by atomic mass is 10.0. The van der Waals surface area contributed by atoms with Gasteiger partial charge in [0.2, 0.25) is 0 Å². The van der Waals surface area contributed by atoms with Crippen LogP contribution in [0.4, 0.5) is 0 Å². The van der Waals surface area contributed by atoms with Crippen LogP contribution in [0.15, 0.2) is 109 Å². The highest BCUT2D eigenvalue weighted by Crippen LogP contribution is 2.21. The van der Waals surface area contributed by atoms with E-state index < -0.39 is 11.9 Å². The highest BCUT2D eigenvalue weighted by atomic mass is 17.3. The Morgan fingerprint density at radius 1 is 0.514 bits per heavy atom. The van der Waals surface area contributed by atoms with Crippen molar-refractivity contribution in [1.29, 1.82) is 0 Å². The lowest BCUT2D eigenvalue weighted by Gasteiger charge is -2.13. The molecule has 0 unspecified atom stereocenters. The van der Waals surface area contributed by atoms with Crippen LogP contribution in [-0.4, -0.2) is 25.2 Å². The van der Waals surface area contributed by atoms with Gasteiger partial charge in [0.25, 0.3) is 0 Å². The normalized spacial score (nSPS) is 10.8. The van der Waals surface area contributed by atoms with Crippen LogP contribution < -0.4 is 0 Å². The molecule has 0 aliphatic heterocycles. The third-order valence-corrected chi connectivity index (χ3v) is 5.24. The lowest BCUT2D eigenvalue weighted by molar-refractivity contribution is -0.368. The third-order valence-electron chi connectivity index (χ3n) is 5.24. The van der Waals surface area contributed by atoms with E-state index in [1.165, 1.54) is 0 Å². The number of hydrogen-bond donors (Lipinski definition) is 0. The quantitative estimate of drug-likeness (QED) is 0.180. The SMILES string of the molecule is [CH2]COC[C](OOC(=O)c1ccc(-c2ccccc2)cc1)OOC(=O)c1ccc(-c2ccccc2)cc1. The average molecular weight is 497 g/mol. The Bertz CT molecular complexity index is 1170. The van der Waals surface area contributed by atoms with Gasteiger partial charge in [-0.1, -0.05) is 84.9 Å². The summed E-state index contributed by atoms with van der Waals surface area (Å²) in [5, 5.41) is 0. The van der Waals surface area contributed by atoms with Crippen LogP contribution in [0.2, 0.25) is 0 Å². The molecule has 0 fully saturated rings. The molecule has 0 aliphatic carbocycles. The molecule has 0 amide bonds. The standard InChI is InChI=1S/C30H24O7/c1-2-33-21-28(34-36-29(31)26-17-13-24(14-18-26)22-9-5-3-6-10-22)35-37-30(32)27-19-15-25(16-20-27)23-11-7-4-8-12-23/h3-20H,1-2,21H2. The van der Waals surface area contributed by atoms with Crippen LogP contribution in [0.25, 0.3) is 22.3 Å². The van der Waals surface area contributed by atoms with Crippen molar-refractivity contribution >= 4 is 11.9 Å². The highest BCUT2D eigenvalue weighted by Gasteiger charge is 2.22. The predicted molar refractivity (Wildman–Crippen MR) is 136 cm³/mol. The Morgan fingerprint density at radius 2 is 0.892 bits per heavy atom. The summed E-state index contributed by atoms with van der Waals surface area (Å²) in [4.78, 5) is 44.4. The van der Waals surface area contributed by atoms with Crippen molar-refractivity contribution in [2.75, 3.05) is 13.2 Å². The molecule has 0 saturated heterocycles. The fourth-order valence-corrected chi connectivity index (χ4v) is 3.34. The van der Waals surface area contributed by atoms with Gasteiger partial charge in [0.05, 0.1) is 11.1 Å². The largest absolute Gasteiger partial charge is 0.375 e. The number of hydrogen-bond acceptors (Lipinski definition) is 7. The van der Waals surface area contributed by atoms with Gasteiger partial charge in [-0.25, -0.2) is 9.59 Å². The first-order chi connectivity index (χ1) is 18.1. The molecule has 4 rings (SSSR count). The van der Waals surface area contributed by atoms with Crippen molar-refractivity contribution in [3.63, 3.8) is 0 Å². The smallest absolute Gasteiger partial charge is 0.373 e. The van der Waals surface area contributed by atoms with Crippen molar-refractivity contribution in [2.24, 2.45) is 0 Å². The Morgan fingerprint density at radius 3 is 1.27 bits per heavy atom. The maximum atomic E-state index is 12.4. The second kappa shape index (κ2) is 13.1. The molecular weight excluding hydrogens is 472 g/mol. The van der Waals surface area contributed by atoms with Crippen LogP contribution in [0.5, 0.6) is 0 Å². The maximum Gasteiger partial charge on any atom is 0.373 e. The van der Waals surface area contributed by atoms with Gasteiger partial charge in [0.1, 0.15) is 6.61 Å². The highest BCUT2D eigenvalue weighted by molar-refractivity contribution is 5.90. The van der Waals surface area contributed by atoms with Crippen molar-refractivity contribution in [3.05, 3.63) is 134 Å². The van der Waals surface area contributed by atoms with Crippen LogP contribution in [0, 0.1) is 13.2 Å².